The first-order valence-electron chi connectivity index (χ1n) is 5.57. The van der Waals surface area contributed by atoms with Crippen molar-refractivity contribution < 1.29 is 5.11 Å². The molecule has 18 heavy (non-hydrogen) atoms. The third-order valence-corrected chi connectivity index (χ3v) is 3.26. The molecule has 2 rings (SSSR count). The highest BCUT2D eigenvalue weighted by molar-refractivity contribution is 6.32. The average molecular weight is 282 g/mol. The van der Waals surface area contributed by atoms with Gasteiger partial charge in [0, 0.05) is 16.8 Å². The van der Waals surface area contributed by atoms with Crippen molar-refractivity contribution in [2.45, 2.75) is 13.0 Å². The highest BCUT2D eigenvalue weighted by Gasteiger charge is 2.06. The molecule has 2 nitrogen and oxygen atoms in total. The highest BCUT2D eigenvalue weighted by Crippen LogP contribution is 2.28. The van der Waals surface area contributed by atoms with Crippen LogP contribution in [0.3, 0.4) is 0 Å². The van der Waals surface area contributed by atoms with Crippen LogP contribution in [0.5, 0.6) is 5.75 Å². The van der Waals surface area contributed by atoms with E-state index in [1.807, 2.05) is 31.2 Å². The summed E-state index contributed by atoms with van der Waals surface area (Å²) in [4.78, 5) is 0. The quantitative estimate of drug-likeness (QED) is 0.787. The molecule has 0 bridgehead atoms. The van der Waals surface area contributed by atoms with E-state index in [9.17, 15) is 5.11 Å². The summed E-state index contributed by atoms with van der Waals surface area (Å²) >= 11 is 11.7. The maximum atomic E-state index is 9.35. The lowest BCUT2D eigenvalue weighted by Gasteiger charge is -2.16. The SMILES string of the molecule is CC(Nc1ccc(O)c(Cl)c1)c1ccc(Cl)cc1. The lowest BCUT2D eigenvalue weighted by molar-refractivity contribution is 0.475. The number of hydrogen-bond donors (Lipinski definition) is 2. The number of anilines is 1. The monoisotopic (exact) mass is 281 g/mol. The molecule has 0 aromatic heterocycles. The molecule has 4 heteroatoms. The summed E-state index contributed by atoms with van der Waals surface area (Å²) in [6.07, 6.45) is 0. The van der Waals surface area contributed by atoms with Crippen LogP contribution in [-0.2, 0) is 0 Å². The zero-order valence-corrected chi connectivity index (χ0v) is 11.3. The fourth-order valence-corrected chi connectivity index (χ4v) is 1.99. The van der Waals surface area contributed by atoms with Gasteiger partial charge < -0.3 is 10.4 Å². The number of phenolic OH excluding ortho intramolecular Hbond substituents is 1. The zero-order valence-electron chi connectivity index (χ0n) is 9.82. The van der Waals surface area contributed by atoms with E-state index in [2.05, 4.69) is 5.32 Å². The maximum Gasteiger partial charge on any atom is 0.134 e. The number of hydrogen-bond acceptors (Lipinski definition) is 2. The van der Waals surface area contributed by atoms with Gasteiger partial charge in [-0.15, -0.1) is 0 Å². The fourth-order valence-electron chi connectivity index (χ4n) is 1.68. The van der Waals surface area contributed by atoms with Crippen molar-refractivity contribution in [1.82, 2.24) is 0 Å². The van der Waals surface area contributed by atoms with E-state index in [0.717, 1.165) is 16.3 Å². The maximum absolute atomic E-state index is 9.35. The summed E-state index contributed by atoms with van der Waals surface area (Å²) in [6.45, 7) is 2.05. The Labute approximate surface area is 116 Å². The number of nitrogens with one attached hydrogen (secondary N) is 1. The molecule has 2 N–H and O–H groups in total. The van der Waals surface area contributed by atoms with Gasteiger partial charge in [-0.2, -0.15) is 0 Å². The molecule has 2 aromatic rings. The minimum absolute atomic E-state index is 0.0846. The second-order valence-electron chi connectivity index (χ2n) is 4.08. The lowest BCUT2D eigenvalue weighted by atomic mass is 10.1. The van der Waals surface area contributed by atoms with Gasteiger partial charge in [0.15, 0.2) is 0 Å². The van der Waals surface area contributed by atoms with Crippen LogP contribution in [0.15, 0.2) is 42.5 Å². The van der Waals surface area contributed by atoms with Crippen LogP contribution in [-0.4, -0.2) is 5.11 Å². The second-order valence-corrected chi connectivity index (χ2v) is 4.93. The van der Waals surface area contributed by atoms with Gasteiger partial charge in [-0.3, -0.25) is 0 Å². The van der Waals surface area contributed by atoms with E-state index in [-0.39, 0.29) is 11.8 Å². The molecule has 1 atom stereocenters. The minimum Gasteiger partial charge on any atom is -0.506 e. The molecule has 0 fully saturated rings. The molecule has 0 amide bonds. The van der Waals surface area contributed by atoms with Crippen LogP contribution in [0.1, 0.15) is 18.5 Å². The average Bonchev–Trinajstić information content (AvgIpc) is 2.34. The molecule has 0 spiro atoms. The second kappa shape index (κ2) is 5.51. The van der Waals surface area contributed by atoms with E-state index in [4.69, 9.17) is 23.2 Å². The number of phenols is 1. The first-order chi connectivity index (χ1) is 8.56. The number of aromatic hydroxyl groups is 1. The molecular formula is C14H13Cl2NO. The molecule has 0 saturated carbocycles. The summed E-state index contributed by atoms with van der Waals surface area (Å²) in [5, 5.41) is 13.7. The largest absolute Gasteiger partial charge is 0.506 e. The summed E-state index contributed by atoms with van der Waals surface area (Å²) in [6, 6.07) is 12.8. The Morgan fingerprint density at radius 1 is 1.06 bits per heavy atom. The van der Waals surface area contributed by atoms with Crippen LogP contribution in [0, 0.1) is 0 Å². The summed E-state index contributed by atoms with van der Waals surface area (Å²) in [5.74, 6) is 0.0846. The van der Waals surface area contributed by atoms with Gasteiger partial charge in [-0.1, -0.05) is 35.3 Å². The molecule has 0 saturated heterocycles. The predicted molar refractivity (Wildman–Crippen MR) is 76.6 cm³/mol. The van der Waals surface area contributed by atoms with Gasteiger partial charge in [-0.05, 0) is 42.8 Å². The number of halogens is 2. The highest BCUT2D eigenvalue weighted by atomic mass is 35.5. The molecule has 1 unspecified atom stereocenters. The van der Waals surface area contributed by atoms with E-state index in [1.54, 1.807) is 18.2 Å². The summed E-state index contributed by atoms with van der Waals surface area (Å²) < 4.78 is 0. The van der Waals surface area contributed by atoms with Crippen molar-refractivity contribution in [1.29, 1.82) is 0 Å². The van der Waals surface area contributed by atoms with E-state index in [0.29, 0.717) is 5.02 Å². The van der Waals surface area contributed by atoms with Gasteiger partial charge in [0.25, 0.3) is 0 Å². The molecule has 0 radical (unpaired) electrons. The lowest BCUT2D eigenvalue weighted by Crippen LogP contribution is -2.06. The summed E-state index contributed by atoms with van der Waals surface area (Å²) in [5.41, 5.74) is 1.99. The molecule has 0 aliphatic heterocycles. The Balaban J connectivity index is 2.13. The van der Waals surface area contributed by atoms with Gasteiger partial charge in [0.05, 0.1) is 5.02 Å². The normalized spacial score (nSPS) is 12.2. The van der Waals surface area contributed by atoms with Gasteiger partial charge in [-0.25, -0.2) is 0 Å². The van der Waals surface area contributed by atoms with Gasteiger partial charge in [0.1, 0.15) is 5.75 Å². The van der Waals surface area contributed by atoms with Crippen molar-refractivity contribution in [3.8, 4) is 5.75 Å². The van der Waals surface area contributed by atoms with Crippen LogP contribution in [0.2, 0.25) is 10.0 Å². The minimum atomic E-state index is 0.0846. The topological polar surface area (TPSA) is 32.3 Å². The fraction of sp³-hybridized carbons (Fsp3) is 0.143. The Morgan fingerprint density at radius 3 is 2.33 bits per heavy atom. The predicted octanol–water partition coefficient (Wildman–Crippen LogP) is 4.87. The van der Waals surface area contributed by atoms with Gasteiger partial charge >= 0.3 is 0 Å². The van der Waals surface area contributed by atoms with Gasteiger partial charge in [0.2, 0.25) is 0 Å². The Hall–Kier alpha value is -1.38. The Bertz CT molecular complexity index is 540. The van der Waals surface area contributed by atoms with Crippen LogP contribution >= 0.6 is 23.2 Å². The third-order valence-electron chi connectivity index (χ3n) is 2.70. The van der Waals surface area contributed by atoms with Crippen molar-refractivity contribution in [2.24, 2.45) is 0 Å². The Morgan fingerprint density at radius 2 is 1.72 bits per heavy atom. The zero-order chi connectivity index (χ0) is 13.1. The third kappa shape index (κ3) is 3.09. The Kier molecular flexibility index (Phi) is 4.00. The molecular weight excluding hydrogens is 269 g/mol. The number of rotatable bonds is 3. The van der Waals surface area contributed by atoms with E-state index in [1.165, 1.54) is 0 Å². The van der Waals surface area contributed by atoms with E-state index < -0.39 is 0 Å². The van der Waals surface area contributed by atoms with Crippen molar-refractivity contribution in [3.05, 3.63) is 58.1 Å². The molecule has 2 aromatic carbocycles. The molecule has 0 aliphatic carbocycles. The van der Waals surface area contributed by atoms with E-state index >= 15 is 0 Å². The van der Waals surface area contributed by atoms with Crippen molar-refractivity contribution in [3.63, 3.8) is 0 Å². The van der Waals surface area contributed by atoms with Crippen LogP contribution in [0.4, 0.5) is 5.69 Å². The van der Waals surface area contributed by atoms with Crippen molar-refractivity contribution in [2.75, 3.05) is 5.32 Å². The van der Waals surface area contributed by atoms with Crippen LogP contribution in [0.25, 0.3) is 0 Å². The smallest absolute Gasteiger partial charge is 0.134 e. The number of benzene rings is 2. The standard InChI is InChI=1S/C14H13Cl2NO/c1-9(10-2-4-11(15)5-3-10)17-12-6-7-14(18)13(16)8-12/h2-9,17-18H,1H3. The molecule has 0 aliphatic rings. The summed E-state index contributed by atoms with van der Waals surface area (Å²) in [7, 11) is 0. The van der Waals surface area contributed by atoms with Crippen LogP contribution < -0.4 is 5.32 Å². The first kappa shape index (κ1) is 13.1. The molecule has 94 valence electrons. The molecule has 0 heterocycles. The first-order valence-corrected chi connectivity index (χ1v) is 6.32. The van der Waals surface area contributed by atoms with Crippen molar-refractivity contribution >= 4 is 28.9 Å².